The molecule has 5 nitrogen and oxygen atoms in total. The summed E-state index contributed by atoms with van der Waals surface area (Å²) in [5.74, 6) is 0. The highest BCUT2D eigenvalue weighted by Gasteiger charge is 2.12. The van der Waals surface area contributed by atoms with Crippen LogP contribution in [-0.4, -0.2) is 37.3 Å². The van der Waals surface area contributed by atoms with Crippen LogP contribution in [0.1, 0.15) is 36.2 Å². The average Bonchev–Trinajstić information content (AvgIpc) is 2.47. The largest absolute Gasteiger partial charge is 0.384 e. The first-order valence-corrected chi connectivity index (χ1v) is 7.65. The van der Waals surface area contributed by atoms with Gasteiger partial charge in [-0.15, -0.1) is 0 Å². The third kappa shape index (κ3) is 4.69. The van der Waals surface area contributed by atoms with Gasteiger partial charge in [-0.25, -0.2) is 0 Å². The first-order valence-electron chi connectivity index (χ1n) is 7.65. The second-order valence-corrected chi connectivity index (χ2v) is 5.48. The van der Waals surface area contributed by atoms with Crippen molar-refractivity contribution in [2.45, 2.75) is 39.2 Å². The molecule has 1 fully saturated rings. The zero-order valence-corrected chi connectivity index (χ0v) is 12.9. The van der Waals surface area contributed by atoms with E-state index in [0.29, 0.717) is 11.7 Å². The lowest BCUT2D eigenvalue weighted by Gasteiger charge is -2.23. The van der Waals surface area contributed by atoms with Crippen molar-refractivity contribution in [3.63, 3.8) is 0 Å². The van der Waals surface area contributed by atoms with E-state index in [1.807, 2.05) is 19.9 Å². The van der Waals surface area contributed by atoms with E-state index in [2.05, 4.69) is 21.7 Å². The van der Waals surface area contributed by atoms with E-state index in [4.69, 9.17) is 4.74 Å². The Morgan fingerprint density at radius 2 is 2.19 bits per heavy atom. The summed E-state index contributed by atoms with van der Waals surface area (Å²) < 4.78 is 5.87. The second-order valence-electron chi connectivity index (χ2n) is 5.48. The number of pyridine rings is 1. The van der Waals surface area contributed by atoms with Gasteiger partial charge in [0.15, 0.2) is 0 Å². The van der Waals surface area contributed by atoms with Gasteiger partial charge in [0.1, 0.15) is 6.07 Å². The second kappa shape index (κ2) is 7.96. The topological polar surface area (TPSA) is 70.0 Å². The summed E-state index contributed by atoms with van der Waals surface area (Å²) in [5, 5.41) is 15.9. The molecule has 0 atom stereocenters. The SMILES string of the molecule is Cc1cc(NCCCOC2CCNCC2)c(C#N)c(C)n1. The molecule has 2 heterocycles. The van der Waals surface area contributed by atoms with Crippen LogP contribution in [0, 0.1) is 25.2 Å². The minimum Gasteiger partial charge on any atom is -0.384 e. The maximum atomic E-state index is 9.20. The van der Waals surface area contributed by atoms with Crippen molar-refractivity contribution in [2.24, 2.45) is 0 Å². The number of nitrogens with zero attached hydrogens (tertiary/aromatic N) is 2. The first kappa shape index (κ1) is 15.7. The molecule has 0 amide bonds. The molecule has 1 saturated heterocycles. The Morgan fingerprint density at radius 1 is 1.43 bits per heavy atom. The van der Waals surface area contributed by atoms with Gasteiger partial charge in [-0.05, 0) is 52.3 Å². The van der Waals surface area contributed by atoms with E-state index >= 15 is 0 Å². The molecule has 0 aliphatic carbocycles. The van der Waals surface area contributed by atoms with Crippen molar-refractivity contribution in [1.82, 2.24) is 10.3 Å². The molecule has 0 radical (unpaired) electrons. The molecule has 1 aromatic heterocycles. The lowest BCUT2D eigenvalue weighted by atomic mass is 10.1. The van der Waals surface area contributed by atoms with Crippen LogP contribution < -0.4 is 10.6 Å². The molecular weight excluding hydrogens is 264 g/mol. The predicted octanol–water partition coefficient (Wildman–Crippen LogP) is 2.14. The van der Waals surface area contributed by atoms with Crippen LogP contribution in [-0.2, 0) is 4.74 Å². The molecule has 0 saturated carbocycles. The minimum atomic E-state index is 0.409. The standard InChI is InChI=1S/C16H24N4O/c1-12-10-16(15(11-17)13(2)20-12)19-6-3-9-21-14-4-7-18-8-5-14/h10,14,18H,3-9H2,1-2H3,(H,19,20). The van der Waals surface area contributed by atoms with Gasteiger partial charge >= 0.3 is 0 Å². The number of anilines is 1. The number of ether oxygens (including phenoxy) is 1. The van der Waals surface area contributed by atoms with Gasteiger partial charge in [-0.1, -0.05) is 0 Å². The van der Waals surface area contributed by atoms with Crippen LogP contribution >= 0.6 is 0 Å². The molecule has 0 spiro atoms. The van der Waals surface area contributed by atoms with Crippen molar-refractivity contribution in [3.8, 4) is 6.07 Å². The summed E-state index contributed by atoms with van der Waals surface area (Å²) in [4.78, 5) is 4.32. The maximum absolute atomic E-state index is 9.20. The number of aryl methyl sites for hydroxylation is 2. The highest BCUT2D eigenvalue weighted by Crippen LogP contribution is 2.18. The van der Waals surface area contributed by atoms with Gasteiger partial charge in [-0.3, -0.25) is 4.98 Å². The Hall–Kier alpha value is -1.64. The summed E-state index contributed by atoms with van der Waals surface area (Å²) >= 11 is 0. The molecular formula is C16H24N4O. The van der Waals surface area contributed by atoms with E-state index in [-0.39, 0.29) is 0 Å². The highest BCUT2D eigenvalue weighted by molar-refractivity contribution is 5.59. The number of rotatable bonds is 6. The van der Waals surface area contributed by atoms with E-state index in [1.165, 1.54) is 0 Å². The van der Waals surface area contributed by atoms with Crippen LogP contribution in [0.15, 0.2) is 6.07 Å². The normalized spacial score (nSPS) is 15.7. The Balaban J connectivity index is 1.74. The van der Waals surface area contributed by atoms with Crippen molar-refractivity contribution < 1.29 is 4.74 Å². The van der Waals surface area contributed by atoms with Crippen molar-refractivity contribution in [1.29, 1.82) is 5.26 Å². The van der Waals surface area contributed by atoms with Gasteiger partial charge in [0.2, 0.25) is 0 Å². The number of hydrogen-bond donors (Lipinski definition) is 2. The number of aromatic nitrogens is 1. The van der Waals surface area contributed by atoms with Crippen molar-refractivity contribution in [2.75, 3.05) is 31.6 Å². The lowest BCUT2D eigenvalue weighted by Crippen LogP contribution is -2.32. The predicted molar refractivity (Wildman–Crippen MR) is 83.4 cm³/mol. The van der Waals surface area contributed by atoms with Crippen LogP contribution in [0.5, 0.6) is 0 Å². The fraction of sp³-hybridized carbons (Fsp3) is 0.625. The summed E-state index contributed by atoms with van der Waals surface area (Å²) in [7, 11) is 0. The van der Waals surface area contributed by atoms with Gasteiger partial charge in [0.25, 0.3) is 0 Å². The quantitative estimate of drug-likeness (QED) is 0.785. The molecule has 5 heteroatoms. The fourth-order valence-electron chi connectivity index (χ4n) is 2.62. The Labute approximate surface area is 126 Å². The first-order chi connectivity index (χ1) is 10.2. The van der Waals surface area contributed by atoms with Gasteiger partial charge in [0, 0.05) is 18.8 Å². The molecule has 1 aliphatic rings. The van der Waals surface area contributed by atoms with E-state index in [1.54, 1.807) is 0 Å². The molecule has 0 unspecified atom stereocenters. The van der Waals surface area contributed by atoms with Crippen molar-refractivity contribution >= 4 is 5.69 Å². The Kier molecular flexibility index (Phi) is 5.97. The molecule has 114 valence electrons. The molecule has 1 aliphatic heterocycles. The Morgan fingerprint density at radius 3 is 2.90 bits per heavy atom. The minimum absolute atomic E-state index is 0.409. The van der Waals surface area contributed by atoms with Gasteiger partial charge < -0.3 is 15.4 Å². The number of nitriles is 1. The number of nitrogens with one attached hydrogen (secondary N) is 2. The monoisotopic (exact) mass is 288 g/mol. The van der Waals surface area contributed by atoms with Crippen LogP contribution in [0.4, 0.5) is 5.69 Å². The summed E-state index contributed by atoms with van der Waals surface area (Å²) in [6.45, 7) is 7.51. The third-order valence-electron chi connectivity index (χ3n) is 3.72. The zero-order chi connectivity index (χ0) is 15.1. The van der Waals surface area contributed by atoms with Crippen LogP contribution in [0.2, 0.25) is 0 Å². The average molecular weight is 288 g/mol. The summed E-state index contributed by atoms with van der Waals surface area (Å²) in [6.07, 6.45) is 3.56. The maximum Gasteiger partial charge on any atom is 0.103 e. The van der Waals surface area contributed by atoms with E-state index in [0.717, 1.165) is 62.6 Å². The Bertz CT molecular complexity index is 504. The van der Waals surface area contributed by atoms with E-state index < -0.39 is 0 Å². The summed E-state index contributed by atoms with van der Waals surface area (Å²) in [5.41, 5.74) is 3.23. The molecule has 2 rings (SSSR count). The summed E-state index contributed by atoms with van der Waals surface area (Å²) in [6, 6.07) is 4.15. The molecule has 0 aromatic carbocycles. The highest BCUT2D eigenvalue weighted by atomic mass is 16.5. The number of piperidine rings is 1. The van der Waals surface area contributed by atoms with Crippen LogP contribution in [0.3, 0.4) is 0 Å². The van der Waals surface area contributed by atoms with E-state index in [9.17, 15) is 5.26 Å². The molecule has 1 aromatic rings. The smallest absolute Gasteiger partial charge is 0.103 e. The third-order valence-corrected chi connectivity index (χ3v) is 3.72. The fourth-order valence-corrected chi connectivity index (χ4v) is 2.62. The number of hydrogen-bond acceptors (Lipinski definition) is 5. The zero-order valence-electron chi connectivity index (χ0n) is 12.9. The lowest BCUT2D eigenvalue weighted by molar-refractivity contribution is 0.0329. The van der Waals surface area contributed by atoms with Gasteiger partial charge in [-0.2, -0.15) is 5.26 Å². The van der Waals surface area contributed by atoms with Crippen LogP contribution in [0.25, 0.3) is 0 Å². The van der Waals surface area contributed by atoms with Gasteiger partial charge in [0.05, 0.1) is 23.0 Å². The molecule has 2 N–H and O–H groups in total. The molecule has 21 heavy (non-hydrogen) atoms. The van der Waals surface area contributed by atoms with Crippen molar-refractivity contribution in [3.05, 3.63) is 23.0 Å². The molecule has 0 bridgehead atoms.